The van der Waals surface area contributed by atoms with Gasteiger partial charge in [0.15, 0.2) is 0 Å². The van der Waals surface area contributed by atoms with Gasteiger partial charge in [-0.3, -0.25) is 9.59 Å². The van der Waals surface area contributed by atoms with E-state index in [-0.39, 0.29) is 48.9 Å². The van der Waals surface area contributed by atoms with Crippen LogP contribution in [-0.2, 0) is 19.1 Å². The maximum atomic E-state index is 12.6. The Bertz CT molecular complexity index is 851. The Balaban J connectivity index is 1.26. The summed E-state index contributed by atoms with van der Waals surface area (Å²) in [7, 11) is 0. The Labute approximate surface area is 188 Å². The van der Waals surface area contributed by atoms with Gasteiger partial charge in [0.05, 0.1) is 19.1 Å². The zero-order valence-electron chi connectivity index (χ0n) is 18.3. The van der Waals surface area contributed by atoms with E-state index in [0.717, 1.165) is 36.4 Å². The fraction of sp³-hybridized carbons (Fsp3) is 0.667. The van der Waals surface area contributed by atoms with Gasteiger partial charge >= 0.3 is 0 Å². The highest BCUT2D eigenvalue weighted by Crippen LogP contribution is 2.47. The summed E-state index contributed by atoms with van der Waals surface area (Å²) in [5.41, 5.74) is 1.75. The van der Waals surface area contributed by atoms with Crippen molar-refractivity contribution in [1.29, 1.82) is 0 Å². The van der Waals surface area contributed by atoms with Crippen LogP contribution in [0.3, 0.4) is 0 Å². The van der Waals surface area contributed by atoms with Gasteiger partial charge in [-0.2, -0.15) is 0 Å². The molecule has 2 saturated heterocycles. The lowest BCUT2D eigenvalue weighted by Gasteiger charge is -2.37. The predicted molar refractivity (Wildman–Crippen MR) is 116 cm³/mol. The van der Waals surface area contributed by atoms with Gasteiger partial charge in [0.2, 0.25) is 11.8 Å². The van der Waals surface area contributed by atoms with Crippen LogP contribution in [-0.4, -0.2) is 61.6 Å². The van der Waals surface area contributed by atoms with Crippen molar-refractivity contribution in [3.05, 3.63) is 23.8 Å². The second-order valence-electron chi connectivity index (χ2n) is 9.48. The summed E-state index contributed by atoms with van der Waals surface area (Å²) >= 11 is 0. The van der Waals surface area contributed by atoms with E-state index >= 15 is 0 Å². The van der Waals surface area contributed by atoms with E-state index in [4.69, 9.17) is 14.2 Å². The first-order chi connectivity index (χ1) is 15.6. The maximum Gasteiger partial charge on any atom is 0.227 e. The van der Waals surface area contributed by atoms with Gasteiger partial charge in [0, 0.05) is 42.8 Å². The summed E-state index contributed by atoms with van der Waals surface area (Å²) in [6, 6.07) is 5.70. The van der Waals surface area contributed by atoms with E-state index in [9.17, 15) is 14.7 Å². The minimum atomic E-state index is -0.484. The van der Waals surface area contributed by atoms with Crippen molar-refractivity contribution in [2.75, 3.05) is 31.7 Å². The average Bonchev–Trinajstić information content (AvgIpc) is 3.58. The average molecular weight is 445 g/mol. The highest BCUT2D eigenvalue weighted by molar-refractivity contribution is 5.92. The Morgan fingerprint density at radius 2 is 1.94 bits per heavy atom. The van der Waals surface area contributed by atoms with Crippen molar-refractivity contribution in [3.63, 3.8) is 0 Å². The number of hydrogen-bond acceptors (Lipinski definition) is 6. The van der Waals surface area contributed by atoms with Crippen molar-refractivity contribution in [1.82, 2.24) is 5.32 Å². The van der Waals surface area contributed by atoms with E-state index in [1.807, 2.05) is 18.2 Å². The van der Waals surface area contributed by atoms with Crippen LogP contribution in [0, 0.1) is 11.8 Å². The molecule has 3 N–H and O–H groups in total. The number of fused-ring (bicyclic) bond motifs is 3. The van der Waals surface area contributed by atoms with Gasteiger partial charge in [-0.15, -0.1) is 0 Å². The molecule has 1 saturated carbocycles. The number of aliphatic hydroxyl groups is 1. The predicted octanol–water partition coefficient (Wildman–Crippen LogP) is 1.96. The summed E-state index contributed by atoms with van der Waals surface area (Å²) in [5.74, 6) is 1.39. The first-order valence-electron chi connectivity index (χ1n) is 11.8. The molecule has 5 rings (SSSR count). The number of amides is 2. The molecule has 3 aliphatic heterocycles. The van der Waals surface area contributed by atoms with Crippen LogP contribution in [0.25, 0.3) is 0 Å². The van der Waals surface area contributed by atoms with Crippen molar-refractivity contribution < 1.29 is 28.9 Å². The first-order valence-corrected chi connectivity index (χ1v) is 11.8. The minimum Gasteiger partial charge on any atom is -0.487 e. The number of ether oxygens (including phenoxy) is 3. The van der Waals surface area contributed by atoms with Crippen molar-refractivity contribution in [2.24, 2.45) is 11.8 Å². The number of carbonyl (C=O) groups is 2. The molecule has 1 aliphatic carbocycles. The number of aliphatic hydroxyl groups excluding tert-OH is 1. The fourth-order valence-electron chi connectivity index (χ4n) is 5.03. The van der Waals surface area contributed by atoms with Gasteiger partial charge in [-0.25, -0.2) is 0 Å². The second kappa shape index (κ2) is 9.37. The Morgan fingerprint density at radius 3 is 2.69 bits per heavy atom. The topological polar surface area (TPSA) is 106 Å². The molecular weight excluding hydrogens is 412 g/mol. The monoisotopic (exact) mass is 444 g/mol. The molecule has 1 aromatic rings. The van der Waals surface area contributed by atoms with E-state index < -0.39 is 6.10 Å². The van der Waals surface area contributed by atoms with Gasteiger partial charge in [0.1, 0.15) is 18.0 Å². The van der Waals surface area contributed by atoms with Crippen LogP contribution in [0.5, 0.6) is 5.75 Å². The molecule has 0 spiro atoms. The number of hydrogen-bond donors (Lipinski definition) is 3. The van der Waals surface area contributed by atoms with E-state index in [2.05, 4.69) is 10.6 Å². The molecule has 3 heterocycles. The van der Waals surface area contributed by atoms with Crippen molar-refractivity contribution in [2.45, 2.75) is 62.8 Å². The van der Waals surface area contributed by atoms with Crippen LogP contribution in [0.1, 0.15) is 50.0 Å². The highest BCUT2D eigenvalue weighted by atomic mass is 16.6. The number of carbonyl (C=O) groups excluding carboxylic acids is 2. The molecule has 8 heteroatoms. The van der Waals surface area contributed by atoms with E-state index in [1.54, 1.807) is 0 Å². The molecule has 0 unspecified atom stereocenters. The quantitative estimate of drug-likeness (QED) is 0.594. The molecule has 3 fully saturated rings. The standard InChI is InChI=1S/C24H32N2O6/c27-13-21-23-19(10-17(31-21)11-22(28)25-12-14-1-2-14)18-9-16(3-4-20(18)32-23)26-24(29)15-5-7-30-8-6-15/h3-4,9,14-15,17,19,21,23,27H,1-2,5-8,10-13H2,(H,25,28)(H,26,29)/t17-,19-,21-,23+/m1/s1. The van der Waals surface area contributed by atoms with Crippen LogP contribution in [0.4, 0.5) is 5.69 Å². The lowest BCUT2D eigenvalue weighted by Crippen LogP contribution is -2.47. The van der Waals surface area contributed by atoms with Gasteiger partial charge in [0.25, 0.3) is 0 Å². The number of benzene rings is 1. The number of rotatable bonds is 7. The molecule has 1 aromatic carbocycles. The molecular formula is C24H32N2O6. The molecule has 8 nitrogen and oxygen atoms in total. The molecule has 4 aliphatic rings. The number of nitrogens with one attached hydrogen (secondary N) is 2. The first kappa shape index (κ1) is 21.7. The third kappa shape index (κ3) is 4.77. The van der Waals surface area contributed by atoms with Crippen molar-refractivity contribution in [3.8, 4) is 5.75 Å². The smallest absolute Gasteiger partial charge is 0.227 e. The third-order valence-electron chi connectivity index (χ3n) is 7.06. The highest BCUT2D eigenvalue weighted by Gasteiger charge is 2.46. The Morgan fingerprint density at radius 1 is 1.12 bits per heavy atom. The molecule has 2 amide bonds. The third-order valence-corrected chi connectivity index (χ3v) is 7.06. The zero-order chi connectivity index (χ0) is 22.1. The Hall–Kier alpha value is -2.16. The maximum absolute atomic E-state index is 12.6. The van der Waals surface area contributed by atoms with Gasteiger partial charge in [-0.1, -0.05) is 0 Å². The summed E-state index contributed by atoms with van der Waals surface area (Å²) < 4.78 is 17.5. The largest absolute Gasteiger partial charge is 0.487 e. The van der Waals surface area contributed by atoms with Crippen LogP contribution < -0.4 is 15.4 Å². The molecule has 0 bridgehead atoms. The van der Waals surface area contributed by atoms with Crippen molar-refractivity contribution >= 4 is 17.5 Å². The fourth-order valence-corrected chi connectivity index (χ4v) is 5.03. The summed E-state index contributed by atoms with van der Waals surface area (Å²) in [5, 5.41) is 15.9. The Kier molecular flexibility index (Phi) is 6.35. The number of anilines is 1. The lowest BCUT2D eigenvalue weighted by molar-refractivity contribution is -0.142. The van der Waals surface area contributed by atoms with E-state index in [1.165, 1.54) is 12.8 Å². The van der Waals surface area contributed by atoms with E-state index in [0.29, 0.717) is 25.6 Å². The zero-order valence-corrected chi connectivity index (χ0v) is 18.3. The van der Waals surface area contributed by atoms with Gasteiger partial charge in [-0.05, 0) is 56.2 Å². The second-order valence-corrected chi connectivity index (χ2v) is 9.48. The SMILES string of the molecule is O=C(C[C@H]1C[C@@H]2c3cc(NC(=O)C4CCOCC4)ccc3O[C@@H]2[C@@H](CO)O1)NCC1CC1. The minimum absolute atomic E-state index is 0.00588. The molecule has 0 aromatic heterocycles. The molecule has 32 heavy (non-hydrogen) atoms. The lowest BCUT2D eigenvalue weighted by atomic mass is 9.84. The summed E-state index contributed by atoms with van der Waals surface area (Å²) in [4.78, 5) is 25.0. The van der Waals surface area contributed by atoms with Crippen LogP contribution in [0.15, 0.2) is 18.2 Å². The van der Waals surface area contributed by atoms with Crippen LogP contribution >= 0.6 is 0 Å². The molecule has 174 valence electrons. The summed E-state index contributed by atoms with van der Waals surface area (Å²) in [6.45, 7) is 1.82. The normalized spacial score (nSPS) is 29.5. The summed E-state index contributed by atoms with van der Waals surface area (Å²) in [6.07, 6.45) is 3.74. The molecule has 0 radical (unpaired) electrons. The molecule has 4 atom stereocenters. The van der Waals surface area contributed by atoms with Crippen LogP contribution in [0.2, 0.25) is 0 Å². The van der Waals surface area contributed by atoms with Gasteiger partial charge < -0.3 is 30.0 Å².